The van der Waals surface area contributed by atoms with E-state index >= 15 is 0 Å². The molecule has 422 valence electrons. The highest BCUT2D eigenvalue weighted by atomic mass is 16.6. The van der Waals surface area contributed by atoms with Crippen molar-refractivity contribution in [1.29, 1.82) is 0 Å². The number of esters is 3. The van der Waals surface area contributed by atoms with Gasteiger partial charge in [-0.15, -0.1) is 0 Å². The van der Waals surface area contributed by atoms with Crippen LogP contribution in [-0.4, -0.2) is 37.2 Å². The van der Waals surface area contributed by atoms with E-state index < -0.39 is 6.10 Å². The average molecular weight is 1000 g/mol. The Morgan fingerprint density at radius 2 is 0.493 bits per heavy atom. The predicted octanol–water partition coefficient (Wildman–Crippen LogP) is 21.7. The van der Waals surface area contributed by atoms with E-state index in [0.717, 1.165) is 63.7 Å². The van der Waals surface area contributed by atoms with Gasteiger partial charge in [-0.05, 0) is 25.2 Å². The normalized spacial score (nSPS) is 12.3. The minimum Gasteiger partial charge on any atom is -0.462 e. The molecule has 2 atom stereocenters. The summed E-state index contributed by atoms with van der Waals surface area (Å²) >= 11 is 0. The summed E-state index contributed by atoms with van der Waals surface area (Å²) in [4.78, 5) is 38.3. The van der Waals surface area contributed by atoms with Gasteiger partial charge in [0.25, 0.3) is 0 Å². The maximum atomic E-state index is 12.9. The number of rotatable bonds is 60. The Morgan fingerprint density at radius 1 is 0.282 bits per heavy atom. The molecular formula is C65H126O6. The maximum absolute atomic E-state index is 12.9. The Morgan fingerprint density at radius 3 is 0.732 bits per heavy atom. The van der Waals surface area contributed by atoms with Gasteiger partial charge in [-0.2, -0.15) is 0 Å². The molecule has 0 spiro atoms. The van der Waals surface area contributed by atoms with Crippen molar-refractivity contribution in [3.05, 3.63) is 0 Å². The van der Waals surface area contributed by atoms with E-state index in [2.05, 4.69) is 27.7 Å². The van der Waals surface area contributed by atoms with E-state index in [4.69, 9.17) is 14.2 Å². The molecule has 71 heavy (non-hydrogen) atoms. The van der Waals surface area contributed by atoms with Gasteiger partial charge >= 0.3 is 17.9 Å². The summed E-state index contributed by atoms with van der Waals surface area (Å²) in [7, 11) is 0. The zero-order valence-corrected chi connectivity index (χ0v) is 48.7. The molecule has 0 aromatic rings. The SMILES string of the molecule is CCCCCCCCCCCCCCCCCCCCC(=O)OC[C@H](COC(=O)CCCCCCCCCCCCCCCCC(C)CC)OC(=O)CCCCCCCCCCCCCCCCCCC. The fourth-order valence-electron chi connectivity index (χ4n) is 10.1. The predicted molar refractivity (Wildman–Crippen MR) is 307 cm³/mol. The average Bonchev–Trinajstić information content (AvgIpc) is 3.37. The third-order valence-electron chi connectivity index (χ3n) is 15.4. The molecule has 0 aliphatic carbocycles. The molecular weight excluding hydrogens is 877 g/mol. The maximum Gasteiger partial charge on any atom is 0.306 e. The zero-order valence-electron chi connectivity index (χ0n) is 48.7. The first kappa shape index (κ1) is 69.4. The van der Waals surface area contributed by atoms with Crippen LogP contribution in [0.15, 0.2) is 0 Å². The summed E-state index contributed by atoms with van der Waals surface area (Å²) in [5, 5.41) is 0. The van der Waals surface area contributed by atoms with Crippen molar-refractivity contribution in [2.75, 3.05) is 13.2 Å². The Hall–Kier alpha value is -1.59. The lowest BCUT2D eigenvalue weighted by Gasteiger charge is -2.18. The minimum absolute atomic E-state index is 0.0610. The Bertz CT molecular complexity index is 1080. The number of carbonyl (C=O) groups excluding carboxylic acids is 3. The quantitative estimate of drug-likeness (QED) is 0.0343. The van der Waals surface area contributed by atoms with Crippen molar-refractivity contribution >= 4 is 17.9 Å². The number of carbonyl (C=O) groups is 3. The minimum atomic E-state index is -0.763. The van der Waals surface area contributed by atoms with E-state index in [1.807, 2.05) is 0 Å². The fraction of sp³-hybridized carbons (Fsp3) is 0.954. The molecule has 0 aromatic carbocycles. The van der Waals surface area contributed by atoms with Crippen LogP contribution in [0.5, 0.6) is 0 Å². The van der Waals surface area contributed by atoms with Gasteiger partial charge < -0.3 is 14.2 Å². The molecule has 1 unspecified atom stereocenters. The first-order chi connectivity index (χ1) is 34.9. The smallest absolute Gasteiger partial charge is 0.306 e. The summed E-state index contributed by atoms with van der Waals surface area (Å²) in [6, 6.07) is 0. The molecule has 0 bridgehead atoms. The van der Waals surface area contributed by atoms with Crippen LogP contribution in [0.3, 0.4) is 0 Å². The number of hydrogen-bond donors (Lipinski definition) is 0. The molecule has 0 saturated carbocycles. The molecule has 0 rings (SSSR count). The van der Waals surface area contributed by atoms with Crippen LogP contribution >= 0.6 is 0 Å². The molecule has 0 radical (unpaired) electrons. The highest BCUT2D eigenvalue weighted by molar-refractivity contribution is 5.71. The van der Waals surface area contributed by atoms with Crippen molar-refractivity contribution in [3.63, 3.8) is 0 Å². The van der Waals surface area contributed by atoms with Crippen molar-refractivity contribution < 1.29 is 28.6 Å². The van der Waals surface area contributed by atoms with E-state index in [1.54, 1.807) is 0 Å². The second kappa shape index (κ2) is 59.3. The summed E-state index contributed by atoms with van der Waals surface area (Å²) in [5.41, 5.74) is 0. The molecule has 0 aliphatic rings. The van der Waals surface area contributed by atoms with Gasteiger partial charge in [0, 0.05) is 19.3 Å². The van der Waals surface area contributed by atoms with Crippen LogP contribution in [-0.2, 0) is 28.6 Å². The topological polar surface area (TPSA) is 78.9 Å². The molecule has 6 heteroatoms. The standard InChI is InChI=1S/C65H126O6/c1-5-8-10-12-14-16-18-20-22-24-26-27-32-36-40-44-48-52-56-63(66)69-59-62(71-65(68)58-54-50-46-42-38-34-28-25-23-21-19-17-15-13-11-9-6-2)60-70-64(67)57-53-49-45-41-37-33-30-29-31-35-39-43-47-51-55-61(4)7-3/h61-62H,5-60H2,1-4H3/t61?,62-/m1/s1. The van der Waals surface area contributed by atoms with Gasteiger partial charge in [-0.1, -0.05) is 336 Å². The van der Waals surface area contributed by atoms with Crippen molar-refractivity contribution in [1.82, 2.24) is 0 Å². The second-order valence-electron chi connectivity index (χ2n) is 22.6. The van der Waals surface area contributed by atoms with Crippen LogP contribution in [0.25, 0.3) is 0 Å². The largest absolute Gasteiger partial charge is 0.462 e. The van der Waals surface area contributed by atoms with Gasteiger partial charge in [-0.3, -0.25) is 14.4 Å². The molecule has 0 fully saturated rings. The van der Waals surface area contributed by atoms with Gasteiger partial charge in [0.2, 0.25) is 0 Å². The van der Waals surface area contributed by atoms with Gasteiger partial charge in [0.15, 0.2) is 6.10 Å². The van der Waals surface area contributed by atoms with Crippen LogP contribution in [0, 0.1) is 5.92 Å². The van der Waals surface area contributed by atoms with E-state index in [0.29, 0.717) is 19.3 Å². The first-order valence-electron chi connectivity index (χ1n) is 32.4. The van der Waals surface area contributed by atoms with Crippen LogP contribution in [0.4, 0.5) is 0 Å². The van der Waals surface area contributed by atoms with Crippen molar-refractivity contribution in [2.45, 2.75) is 381 Å². The Labute approximate surface area is 444 Å². The lowest BCUT2D eigenvalue weighted by atomic mass is 9.99. The number of hydrogen-bond acceptors (Lipinski definition) is 6. The highest BCUT2D eigenvalue weighted by Crippen LogP contribution is 2.19. The Kier molecular flexibility index (Phi) is 58.0. The molecule has 0 heterocycles. The molecule has 0 aliphatic heterocycles. The van der Waals surface area contributed by atoms with E-state index in [1.165, 1.54) is 270 Å². The molecule has 0 aromatic heterocycles. The summed E-state index contributed by atoms with van der Waals surface area (Å²) < 4.78 is 17.0. The van der Waals surface area contributed by atoms with Crippen molar-refractivity contribution in [2.24, 2.45) is 5.92 Å². The molecule has 0 saturated heterocycles. The zero-order chi connectivity index (χ0) is 51.6. The molecule has 6 nitrogen and oxygen atoms in total. The van der Waals surface area contributed by atoms with E-state index in [9.17, 15) is 14.4 Å². The third kappa shape index (κ3) is 57.5. The lowest BCUT2D eigenvalue weighted by Crippen LogP contribution is -2.30. The monoisotopic (exact) mass is 1000 g/mol. The van der Waals surface area contributed by atoms with Gasteiger partial charge in [0.05, 0.1) is 0 Å². The third-order valence-corrected chi connectivity index (χ3v) is 15.4. The van der Waals surface area contributed by atoms with Crippen LogP contribution < -0.4 is 0 Å². The van der Waals surface area contributed by atoms with Crippen LogP contribution in [0.1, 0.15) is 374 Å². The lowest BCUT2D eigenvalue weighted by molar-refractivity contribution is -0.167. The van der Waals surface area contributed by atoms with Gasteiger partial charge in [0.1, 0.15) is 13.2 Å². The number of unbranched alkanes of at least 4 members (excludes halogenated alkanes) is 46. The summed E-state index contributed by atoms with van der Waals surface area (Å²) in [5.74, 6) is 0.0695. The second-order valence-corrected chi connectivity index (χ2v) is 22.6. The van der Waals surface area contributed by atoms with Crippen molar-refractivity contribution in [3.8, 4) is 0 Å². The van der Waals surface area contributed by atoms with Gasteiger partial charge in [-0.25, -0.2) is 0 Å². The Balaban J connectivity index is 4.29. The summed E-state index contributed by atoms with van der Waals surface area (Å²) in [6.45, 7) is 9.13. The highest BCUT2D eigenvalue weighted by Gasteiger charge is 2.19. The summed E-state index contributed by atoms with van der Waals surface area (Å²) in [6.07, 6.45) is 66.7. The molecule has 0 amide bonds. The number of ether oxygens (including phenoxy) is 3. The van der Waals surface area contributed by atoms with E-state index in [-0.39, 0.29) is 31.1 Å². The fourth-order valence-corrected chi connectivity index (χ4v) is 10.1. The first-order valence-corrected chi connectivity index (χ1v) is 32.4. The molecule has 0 N–H and O–H groups in total. The van der Waals surface area contributed by atoms with Crippen LogP contribution in [0.2, 0.25) is 0 Å².